The predicted molar refractivity (Wildman–Crippen MR) is 158 cm³/mol. The summed E-state index contributed by atoms with van der Waals surface area (Å²) in [6.07, 6.45) is -0.625. The number of ether oxygens (including phenoxy) is 1. The molecule has 0 spiro atoms. The van der Waals surface area contributed by atoms with Gasteiger partial charge in [-0.15, -0.1) is 11.3 Å². The number of nitrogens with zero attached hydrogens (tertiary/aromatic N) is 1. The molecule has 13 heteroatoms. The van der Waals surface area contributed by atoms with Crippen LogP contribution < -0.4 is 15.4 Å². The average Bonchev–Trinajstić information content (AvgIpc) is 3.46. The predicted octanol–water partition coefficient (Wildman–Crippen LogP) is 4.96. The van der Waals surface area contributed by atoms with E-state index in [-0.39, 0.29) is 6.42 Å². The molecule has 1 aromatic heterocycles. The summed E-state index contributed by atoms with van der Waals surface area (Å²) in [4.78, 5) is 30.1. The van der Waals surface area contributed by atoms with Crippen molar-refractivity contribution in [3.8, 4) is 11.3 Å². The minimum Gasteiger partial charge on any atom is -0.453 e. The maximum Gasteiger partial charge on any atom is 0.407 e. The van der Waals surface area contributed by atoms with Crippen molar-refractivity contribution in [1.29, 1.82) is 0 Å². The zero-order valence-electron chi connectivity index (χ0n) is 21.8. The van der Waals surface area contributed by atoms with Gasteiger partial charge in [0.05, 0.1) is 25.1 Å². The second-order valence-corrected chi connectivity index (χ2v) is 11.4. The number of thiazole rings is 1. The molecule has 0 aliphatic rings. The van der Waals surface area contributed by atoms with Crippen molar-refractivity contribution in [1.82, 2.24) is 15.6 Å². The molecule has 2 atom stereocenters. The minimum absolute atomic E-state index is 0.164. The van der Waals surface area contributed by atoms with Crippen LogP contribution in [-0.4, -0.2) is 45.2 Å². The van der Waals surface area contributed by atoms with Crippen molar-refractivity contribution >= 4 is 50.9 Å². The molecule has 10 nitrogen and oxygen atoms in total. The molecule has 3 aromatic carbocycles. The molecule has 1 heterocycles. The number of benzene rings is 3. The summed E-state index contributed by atoms with van der Waals surface area (Å²) in [5, 5.41) is 8.08. The highest BCUT2D eigenvalue weighted by atomic mass is 35.5. The fraction of sp³-hybridized carbons (Fsp3) is 0.179. The third-order valence-electron chi connectivity index (χ3n) is 5.76. The van der Waals surface area contributed by atoms with Gasteiger partial charge in [0.15, 0.2) is 0 Å². The van der Waals surface area contributed by atoms with Crippen LogP contribution in [0.5, 0.6) is 0 Å². The number of carbonyl (C=O) groups is 2. The molecule has 0 unspecified atom stereocenters. The lowest BCUT2D eigenvalue weighted by atomic mass is 10.1. The van der Waals surface area contributed by atoms with Crippen molar-refractivity contribution in [3.05, 3.63) is 106 Å². The van der Waals surface area contributed by atoms with E-state index in [0.717, 1.165) is 11.1 Å². The molecule has 0 aliphatic carbocycles. The molecule has 3 N–H and O–H groups in total. The Labute approximate surface area is 246 Å². The standard InChI is InChI=1S/C28H27ClN4O6S2/c1-38-28(35)32-23(16-19-8-4-2-5-9-19)26(34)30-24(17-39-41(36,37)33-22-10-6-3-7-11-22)27-31-25(18-40-27)20-12-14-21(29)15-13-20/h2-15,18,23-24,33H,16-17H2,1H3,(H,30,34)(H,32,35)/t23-,24-/m0/s1. The second kappa shape index (κ2) is 14.1. The smallest absolute Gasteiger partial charge is 0.407 e. The first kappa shape index (κ1) is 30.0. The van der Waals surface area contributed by atoms with Crippen LogP contribution in [0.1, 0.15) is 16.6 Å². The van der Waals surface area contributed by atoms with E-state index in [0.29, 0.717) is 21.4 Å². The number of rotatable bonds is 12. The first-order valence-electron chi connectivity index (χ1n) is 12.3. The summed E-state index contributed by atoms with van der Waals surface area (Å²) in [6, 6.07) is 22.4. The normalized spacial score (nSPS) is 12.6. The number of carbonyl (C=O) groups excluding carboxylic acids is 2. The summed E-state index contributed by atoms with van der Waals surface area (Å²) < 4.78 is 37.7. The highest BCUT2D eigenvalue weighted by molar-refractivity contribution is 7.88. The van der Waals surface area contributed by atoms with Crippen LogP contribution in [0.4, 0.5) is 10.5 Å². The second-order valence-electron chi connectivity index (χ2n) is 8.72. The molecule has 0 saturated carbocycles. The summed E-state index contributed by atoms with van der Waals surface area (Å²) >= 11 is 7.23. The van der Waals surface area contributed by atoms with Gasteiger partial charge in [-0.1, -0.05) is 72.3 Å². The van der Waals surface area contributed by atoms with Crippen LogP contribution in [0, 0.1) is 0 Å². The van der Waals surface area contributed by atoms with Crippen LogP contribution in [0.15, 0.2) is 90.3 Å². The van der Waals surface area contributed by atoms with Crippen molar-refractivity contribution in [3.63, 3.8) is 0 Å². The van der Waals surface area contributed by atoms with Crippen LogP contribution in [0.3, 0.4) is 0 Å². The van der Waals surface area contributed by atoms with E-state index in [1.165, 1.54) is 18.4 Å². The number of para-hydroxylation sites is 1. The monoisotopic (exact) mass is 614 g/mol. The number of halogens is 1. The van der Waals surface area contributed by atoms with Gasteiger partial charge in [0.25, 0.3) is 0 Å². The first-order chi connectivity index (χ1) is 19.7. The Morgan fingerprint density at radius 2 is 1.61 bits per heavy atom. The van der Waals surface area contributed by atoms with Crippen LogP contribution >= 0.6 is 22.9 Å². The SMILES string of the molecule is COC(=O)N[C@@H](Cc1ccccc1)C(=O)N[C@@H](COS(=O)(=O)Nc1ccccc1)c1nc(-c2ccc(Cl)cc2)cs1. The van der Waals surface area contributed by atoms with Crippen LogP contribution in [0.25, 0.3) is 11.3 Å². The fourth-order valence-corrected chi connectivity index (χ4v) is 5.53. The highest BCUT2D eigenvalue weighted by Crippen LogP contribution is 2.27. The Balaban J connectivity index is 1.57. The van der Waals surface area contributed by atoms with E-state index in [2.05, 4.69) is 20.3 Å². The van der Waals surface area contributed by atoms with Crippen molar-refractivity contribution in [2.24, 2.45) is 0 Å². The van der Waals surface area contributed by atoms with Gasteiger partial charge >= 0.3 is 16.4 Å². The molecule has 2 amide bonds. The maximum absolute atomic E-state index is 13.5. The highest BCUT2D eigenvalue weighted by Gasteiger charge is 2.28. The van der Waals surface area contributed by atoms with Gasteiger partial charge in [-0.25, -0.2) is 9.78 Å². The Bertz CT molecular complexity index is 1550. The Morgan fingerprint density at radius 3 is 2.27 bits per heavy atom. The molecule has 41 heavy (non-hydrogen) atoms. The third kappa shape index (κ3) is 9.02. The first-order valence-corrected chi connectivity index (χ1v) is 15.0. The third-order valence-corrected chi connectivity index (χ3v) is 7.90. The lowest BCUT2D eigenvalue weighted by molar-refractivity contribution is -0.124. The minimum atomic E-state index is -4.24. The largest absolute Gasteiger partial charge is 0.453 e. The molecule has 0 bridgehead atoms. The summed E-state index contributed by atoms with van der Waals surface area (Å²) in [5.41, 5.74) is 2.51. The van der Waals surface area contributed by atoms with Gasteiger partial charge in [0.1, 0.15) is 17.1 Å². The van der Waals surface area contributed by atoms with E-state index in [4.69, 9.17) is 20.5 Å². The van der Waals surface area contributed by atoms with Crippen LogP contribution in [-0.2, 0) is 30.4 Å². The molecule has 0 radical (unpaired) electrons. The number of methoxy groups -OCH3 is 1. The molecule has 4 rings (SSSR count). The lowest BCUT2D eigenvalue weighted by Crippen LogP contribution is -2.49. The number of nitrogens with one attached hydrogen (secondary N) is 3. The number of aromatic nitrogens is 1. The van der Waals surface area contributed by atoms with Crippen molar-refractivity contribution in [2.45, 2.75) is 18.5 Å². The van der Waals surface area contributed by atoms with E-state index in [9.17, 15) is 18.0 Å². The average molecular weight is 615 g/mol. The van der Waals surface area contributed by atoms with E-state index < -0.39 is 41.0 Å². The molecule has 0 aliphatic heterocycles. The maximum atomic E-state index is 13.5. The van der Waals surface area contributed by atoms with Gasteiger partial charge in [-0.2, -0.15) is 8.42 Å². The van der Waals surface area contributed by atoms with Gasteiger partial charge in [0.2, 0.25) is 5.91 Å². The Hall–Kier alpha value is -3.97. The van der Waals surface area contributed by atoms with E-state index in [1.807, 2.05) is 30.3 Å². The molecular formula is C28H27ClN4O6S2. The van der Waals surface area contributed by atoms with Gasteiger partial charge in [-0.05, 0) is 29.8 Å². The van der Waals surface area contributed by atoms with Crippen molar-refractivity contribution in [2.75, 3.05) is 18.4 Å². The zero-order chi connectivity index (χ0) is 29.2. The van der Waals surface area contributed by atoms with Gasteiger partial charge < -0.3 is 15.4 Å². The van der Waals surface area contributed by atoms with Gasteiger partial charge in [-0.3, -0.25) is 13.7 Å². The quantitative estimate of drug-likeness (QED) is 0.205. The molecular weight excluding hydrogens is 588 g/mol. The Kier molecular flexibility index (Phi) is 10.3. The number of amides is 2. The zero-order valence-corrected chi connectivity index (χ0v) is 24.2. The van der Waals surface area contributed by atoms with E-state index in [1.54, 1.807) is 60.0 Å². The fourth-order valence-electron chi connectivity index (χ4n) is 3.75. The van der Waals surface area contributed by atoms with Crippen LogP contribution in [0.2, 0.25) is 5.02 Å². The molecule has 0 fully saturated rings. The lowest BCUT2D eigenvalue weighted by Gasteiger charge is -2.22. The summed E-state index contributed by atoms with van der Waals surface area (Å²) in [6.45, 7) is -0.461. The number of hydrogen-bond donors (Lipinski definition) is 3. The molecule has 4 aromatic rings. The summed E-state index contributed by atoms with van der Waals surface area (Å²) in [7, 11) is -3.05. The number of alkyl carbamates (subject to hydrolysis) is 1. The van der Waals surface area contributed by atoms with Crippen molar-refractivity contribution < 1.29 is 26.9 Å². The number of anilines is 1. The molecule has 214 valence electrons. The van der Waals surface area contributed by atoms with Gasteiger partial charge in [0, 0.05) is 22.4 Å². The number of hydrogen-bond acceptors (Lipinski definition) is 8. The molecule has 0 saturated heterocycles. The Morgan fingerprint density at radius 1 is 0.951 bits per heavy atom. The topological polar surface area (TPSA) is 136 Å². The summed E-state index contributed by atoms with van der Waals surface area (Å²) in [5.74, 6) is -0.579. The van der Waals surface area contributed by atoms with E-state index >= 15 is 0 Å².